The second-order valence-electron chi connectivity index (χ2n) is 3.39. The van der Waals surface area contributed by atoms with E-state index in [4.69, 9.17) is 0 Å². The summed E-state index contributed by atoms with van der Waals surface area (Å²) in [6.07, 6.45) is 0.627. The van der Waals surface area contributed by atoms with Crippen molar-refractivity contribution in [2.24, 2.45) is 5.92 Å². The van der Waals surface area contributed by atoms with Crippen molar-refractivity contribution in [3.8, 4) is 0 Å². The van der Waals surface area contributed by atoms with Crippen LogP contribution in [0.1, 0.15) is 27.2 Å². The van der Waals surface area contributed by atoms with Gasteiger partial charge in [-0.1, -0.05) is 20.8 Å². The molecule has 0 spiro atoms. The molecule has 3 amide bonds. The highest BCUT2D eigenvalue weighted by atomic mass is 16.2. The number of carbonyl (C=O) groups excluding carboxylic acids is 2. The van der Waals surface area contributed by atoms with E-state index in [1.807, 2.05) is 20.8 Å². The Bertz CT molecular complexity index is 225. The van der Waals surface area contributed by atoms with Crippen molar-refractivity contribution in [3.63, 3.8) is 0 Å². The van der Waals surface area contributed by atoms with E-state index in [0.29, 0.717) is 6.42 Å². The van der Waals surface area contributed by atoms with Crippen LogP contribution in [-0.4, -0.2) is 17.5 Å². The summed E-state index contributed by atoms with van der Waals surface area (Å²) in [7, 11) is 0. The van der Waals surface area contributed by atoms with Crippen LogP contribution < -0.4 is 10.6 Å². The van der Waals surface area contributed by atoms with Gasteiger partial charge in [-0.15, -0.1) is 0 Å². The molecule has 0 saturated carbocycles. The zero-order chi connectivity index (χ0) is 9.35. The summed E-state index contributed by atoms with van der Waals surface area (Å²) in [5, 5.41) is 4.92. The SMILES string of the molecule is CCC1(C(C)C)NC(=O)NC1=O. The van der Waals surface area contributed by atoms with E-state index in [2.05, 4.69) is 10.6 Å². The van der Waals surface area contributed by atoms with Crippen molar-refractivity contribution >= 4 is 11.9 Å². The molecule has 1 aliphatic heterocycles. The Morgan fingerprint density at radius 3 is 2.17 bits per heavy atom. The van der Waals surface area contributed by atoms with Crippen LogP contribution >= 0.6 is 0 Å². The molecule has 12 heavy (non-hydrogen) atoms. The van der Waals surface area contributed by atoms with Gasteiger partial charge in [0, 0.05) is 0 Å². The Balaban J connectivity index is 2.94. The van der Waals surface area contributed by atoms with E-state index in [1.54, 1.807) is 0 Å². The number of nitrogens with one attached hydrogen (secondary N) is 2. The van der Waals surface area contributed by atoms with E-state index in [9.17, 15) is 9.59 Å². The quantitative estimate of drug-likeness (QED) is 0.597. The number of hydrogen-bond acceptors (Lipinski definition) is 2. The Morgan fingerprint density at radius 2 is 2.00 bits per heavy atom. The lowest BCUT2D eigenvalue weighted by molar-refractivity contribution is -0.125. The molecule has 1 fully saturated rings. The molecule has 68 valence electrons. The third-order valence-corrected chi connectivity index (χ3v) is 2.51. The third kappa shape index (κ3) is 1.07. The Morgan fingerprint density at radius 1 is 1.42 bits per heavy atom. The van der Waals surface area contributed by atoms with Gasteiger partial charge in [0.25, 0.3) is 5.91 Å². The lowest BCUT2D eigenvalue weighted by atomic mass is 9.84. The summed E-state index contributed by atoms with van der Waals surface area (Å²) in [6.45, 7) is 5.74. The Kier molecular flexibility index (Phi) is 2.08. The van der Waals surface area contributed by atoms with Crippen LogP contribution in [0.25, 0.3) is 0 Å². The first-order valence-electron chi connectivity index (χ1n) is 4.16. The molecule has 0 aromatic heterocycles. The number of rotatable bonds is 2. The van der Waals surface area contributed by atoms with E-state index >= 15 is 0 Å². The van der Waals surface area contributed by atoms with Crippen LogP contribution in [0, 0.1) is 5.92 Å². The summed E-state index contributed by atoms with van der Waals surface area (Å²) in [6, 6.07) is -0.379. The normalized spacial score (nSPS) is 29.0. The molecule has 0 bridgehead atoms. The van der Waals surface area contributed by atoms with Gasteiger partial charge in [0.15, 0.2) is 0 Å². The predicted octanol–water partition coefficient (Wildman–Crippen LogP) is 0.631. The fourth-order valence-electron chi connectivity index (χ4n) is 1.57. The molecule has 4 heteroatoms. The molecule has 1 rings (SSSR count). The molecular formula is C8H14N2O2. The fourth-order valence-corrected chi connectivity index (χ4v) is 1.57. The smallest absolute Gasteiger partial charge is 0.322 e. The van der Waals surface area contributed by atoms with Crippen molar-refractivity contribution in [3.05, 3.63) is 0 Å². The highest BCUT2D eigenvalue weighted by Gasteiger charge is 2.46. The van der Waals surface area contributed by atoms with Gasteiger partial charge in [0.05, 0.1) is 0 Å². The van der Waals surface area contributed by atoms with Crippen LogP contribution in [-0.2, 0) is 4.79 Å². The molecular weight excluding hydrogens is 156 g/mol. The largest absolute Gasteiger partial charge is 0.323 e. The Labute approximate surface area is 71.7 Å². The maximum Gasteiger partial charge on any atom is 0.322 e. The van der Waals surface area contributed by atoms with Crippen molar-refractivity contribution in [1.29, 1.82) is 0 Å². The molecule has 1 unspecified atom stereocenters. The molecule has 0 aliphatic carbocycles. The van der Waals surface area contributed by atoms with Crippen LogP contribution in [0.3, 0.4) is 0 Å². The standard InChI is InChI=1S/C8H14N2O2/c1-4-8(5(2)3)6(11)9-7(12)10-8/h5H,4H2,1-3H3,(H2,9,10,11,12). The Hall–Kier alpha value is -1.06. The summed E-state index contributed by atoms with van der Waals surface area (Å²) in [4.78, 5) is 22.3. The maximum absolute atomic E-state index is 11.4. The zero-order valence-electron chi connectivity index (χ0n) is 7.60. The first-order chi connectivity index (χ1) is 5.53. The molecule has 4 nitrogen and oxygen atoms in total. The third-order valence-electron chi connectivity index (χ3n) is 2.51. The number of imide groups is 1. The molecule has 0 radical (unpaired) electrons. The molecule has 1 saturated heterocycles. The monoisotopic (exact) mass is 170 g/mol. The second-order valence-corrected chi connectivity index (χ2v) is 3.39. The fraction of sp³-hybridized carbons (Fsp3) is 0.750. The molecule has 2 N–H and O–H groups in total. The lowest BCUT2D eigenvalue weighted by Crippen LogP contribution is -2.50. The zero-order valence-corrected chi connectivity index (χ0v) is 7.60. The van der Waals surface area contributed by atoms with E-state index < -0.39 is 5.54 Å². The van der Waals surface area contributed by atoms with Crippen molar-refractivity contribution in [2.75, 3.05) is 0 Å². The minimum Gasteiger partial charge on any atom is -0.323 e. The van der Waals surface area contributed by atoms with Gasteiger partial charge in [0.1, 0.15) is 5.54 Å². The maximum atomic E-state index is 11.4. The summed E-state index contributed by atoms with van der Waals surface area (Å²) in [5.41, 5.74) is -0.683. The van der Waals surface area contributed by atoms with E-state index in [0.717, 1.165) is 0 Å². The topological polar surface area (TPSA) is 58.2 Å². The van der Waals surface area contributed by atoms with Crippen LogP contribution in [0.4, 0.5) is 4.79 Å². The lowest BCUT2D eigenvalue weighted by Gasteiger charge is -2.28. The number of hydrogen-bond donors (Lipinski definition) is 2. The minimum absolute atomic E-state index is 0.119. The molecule has 1 heterocycles. The average Bonchev–Trinajstić information content (AvgIpc) is 2.26. The van der Waals surface area contributed by atoms with Crippen LogP contribution in [0.5, 0.6) is 0 Å². The summed E-state index contributed by atoms with van der Waals surface area (Å²) in [5.74, 6) is -0.0843. The van der Waals surface area contributed by atoms with Gasteiger partial charge in [0.2, 0.25) is 0 Å². The number of amides is 3. The minimum atomic E-state index is -0.683. The van der Waals surface area contributed by atoms with Gasteiger partial charge < -0.3 is 5.32 Å². The predicted molar refractivity (Wildman–Crippen MR) is 44.5 cm³/mol. The molecule has 0 aromatic carbocycles. The van der Waals surface area contributed by atoms with Gasteiger partial charge >= 0.3 is 6.03 Å². The van der Waals surface area contributed by atoms with Gasteiger partial charge in [-0.25, -0.2) is 4.79 Å². The number of urea groups is 1. The van der Waals surface area contributed by atoms with Gasteiger partial charge in [-0.05, 0) is 12.3 Å². The first-order valence-corrected chi connectivity index (χ1v) is 4.16. The first kappa shape index (κ1) is 9.03. The van der Waals surface area contributed by atoms with Crippen molar-refractivity contribution in [2.45, 2.75) is 32.7 Å². The summed E-state index contributed by atoms with van der Waals surface area (Å²) < 4.78 is 0. The second kappa shape index (κ2) is 2.77. The van der Waals surface area contributed by atoms with E-state index in [-0.39, 0.29) is 17.9 Å². The van der Waals surface area contributed by atoms with Gasteiger partial charge in [-0.2, -0.15) is 0 Å². The molecule has 1 atom stereocenters. The molecule has 0 aromatic rings. The average molecular weight is 170 g/mol. The van der Waals surface area contributed by atoms with Crippen LogP contribution in [0.2, 0.25) is 0 Å². The highest BCUT2D eigenvalue weighted by Crippen LogP contribution is 2.24. The van der Waals surface area contributed by atoms with Crippen molar-refractivity contribution in [1.82, 2.24) is 10.6 Å². The summed E-state index contributed by atoms with van der Waals surface area (Å²) >= 11 is 0. The van der Waals surface area contributed by atoms with Crippen molar-refractivity contribution < 1.29 is 9.59 Å². The number of carbonyl (C=O) groups is 2. The molecule has 1 aliphatic rings. The van der Waals surface area contributed by atoms with Gasteiger partial charge in [-0.3, -0.25) is 10.1 Å². The van der Waals surface area contributed by atoms with Crippen LogP contribution in [0.15, 0.2) is 0 Å². The highest BCUT2D eigenvalue weighted by molar-refractivity contribution is 6.07. The van der Waals surface area contributed by atoms with E-state index in [1.165, 1.54) is 0 Å².